The van der Waals surface area contributed by atoms with Crippen molar-refractivity contribution in [3.05, 3.63) is 87.1 Å². The number of carbonyl (C=O) groups is 1. The molecule has 0 spiro atoms. The largest absolute Gasteiger partial charge is 0.319 e. The van der Waals surface area contributed by atoms with Crippen LogP contribution in [0.1, 0.15) is 15.9 Å². The molecule has 1 amide bonds. The quantitative estimate of drug-likeness (QED) is 0.481. The zero-order chi connectivity index (χ0) is 21.2. The van der Waals surface area contributed by atoms with Gasteiger partial charge in [0.15, 0.2) is 0 Å². The number of amides is 1. The zero-order valence-electron chi connectivity index (χ0n) is 15.0. The second-order valence-corrected chi connectivity index (χ2v) is 9.17. The van der Waals surface area contributed by atoms with Crippen LogP contribution in [0, 0.1) is 12.7 Å². The number of carbonyl (C=O) groups excluding carboxylic acids is 1. The molecule has 0 fully saturated rings. The Morgan fingerprint density at radius 2 is 1.72 bits per heavy atom. The maximum absolute atomic E-state index is 14.0. The average molecular weight is 498 g/mol. The van der Waals surface area contributed by atoms with Crippen molar-refractivity contribution in [2.75, 3.05) is 10.0 Å². The van der Waals surface area contributed by atoms with E-state index in [1.807, 2.05) is 6.92 Å². The van der Waals surface area contributed by atoms with Crippen LogP contribution in [-0.4, -0.2) is 14.3 Å². The number of sulfonamides is 1. The third kappa shape index (κ3) is 5.14. The zero-order valence-corrected chi connectivity index (χ0v) is 18.2. The van der Waals surface area contributed by atoms with Gasteiger partial charge in [-0.05, 0) is 55.5 Å². The Morgan fingerprint density at radius 3 is 2.38 bits per heavy atom. The number of nitrogens with one attached hydrogen (secondary N) is 2. The van der Waals surface area contributed by atoms with Gasteiger partial charge in [0.1, 0.15) is 10.7 Å². The average Bonchev–Trinajstić information content (AvgIpc) is 2.66. The summed E-state index contributed by atoms with van der Waals surface area (Å²) in [5, 5.41) is 2.37. The van der Waals surface area contributed by atoms with Gasteiger partial charge in [-0.25, -0.2) is 12.8 Å². The van der Waals surface area contributed by atoms with E-state index < -0.39 is 21.7 Å². The Kier molecular flexibility index (Phi) is 6.26. The lowest BCUT2D eigenvalue weighted by molar-refractivity contribution is 0.102. The molecule has 2 N–H and O–H groups in total. The number of hydrogen-bond acceptors (Lipinski definition) is 3. The fraction of sp³-hybridized carbons (Fsp3) is 0.0500. The number of anilines is 2. The van der Waals surface area contributed by atoms with Gasteiger partial charge < -0.3 is 5.32 Å². The van der Waals surface area contributed by atoms with Gasteiger partial charge in [0.05, 0.1) is 10.7 Å². The fourth-order valence-corrected chi connectivity index (χ4v) is 4.39. The molecule has 0 radical (unpaired) electrons. The van der Waals surface area contributed by atoms with E-state index in [1.165, 1.54) is 24.3 Å². The monoisotopic (exact) mass is 496 g/mol. The minimum atomic E-state index is -4.04. The van der Waals surface area contributed by atoms with E-state index in [4.69, 9.17) is 11.6 Å². The lowest BCUT2D eigenvalue weighted by atomic mass is 10.2. The maximum Gasteiger partial charge on any atom is 0.263 e. The predicted octanol–water partition coefficient (Wildman–Crippen LogP) is 5.60. The van der Waals surface area contributed by atoms with Gasteiger partial charge in [-0.1, -0.05) is 45.2 Å². The van der Waals surface area contributed by atoms with E-state index in [1.54, 1.807) is 30.3 Å². The Bertz CT molecular complexity index is 1180. The topological polar surface area (TPSA) is 75.3 Å². The molecule has 0 heterocycles. The molecule has 150 valence electrons. The predicted molar refractivity (Wildman–Crippen MR) is 115 cm³/mol. The van der Waals surface area contributed by atoms with Crippen LogP contribution >= 0.6 is 27.5 Å². The molecule has 0 bridgehead atoms. The summed E-state index contributed by atoms with van der Waals surface area (Å²) in [6, 6.07) is 14.7. The summed E-state index contributed by atoms with van der Waals surface area (Å²) in [5.41, 5.74) is 1.32. The molecule has 0 atom stereocenters. The van der Waals surface area contributed by atoms with E-state index >= 15 is 0 Å². The van der Waals surface area contributed by atoms with Gasteiger partial charge in [0.2, 0.25) is 0 Å². The molecule has 0 saturated carbocycles. The molecule has 3 aromatic carbocycles. The summed E-state index contributed by atoms with van der Waals surface area (Å²) in [6.45, 7) is 1.88. The van der Waals surface area contributed by atoms with E-state index in [0.29, 0.717) is 10.2 Å². The molecule has 9 heteroatoms. The van der Waals surface area contributed by atoms with E-state index in [-0.39, 0.29) is 21.2 Å². The minimum absolute atomic E-state index is 0.0148. The molecule has 3 aromatic rings. The highest BCUT2D eigenvalue weighted by atomic mass is 79.9. The SMILES string of the molecule is Cc1ccc(NS(=O)(=O)c2cc(C(=O)Nc3ccc(Br)cc3F)ccc2Cl)cc1. The molecule has 0 unspecified atom stereocenters. The molecule has 0 aromatic heterocycles. The Hall–Kier alpha value is -2.42. The second-order valence-electron chi connectivity index (χ2n) is 6.20. The summed E-state index contributed by atoms with van der Waals surface area (Å²) in [5.74, 6) is -1.30. The van der Waals surface area contributed by atoms with Crippen molar-refractivity contribution >= 4 is 54.8 Å². The van der Waals surface area contributed by atoms with Crippen molar-refractivity contribution in [1.29, 1.82) is 0 Å². The lowest BCUT2D eigenvalue weighted by Gasteiger charge is -2.12. The van der Waals surface area contributed by atoms with Crippen molar-refractivity contribution in [3.63, 3.8) is 0 Å². The summed E-state index contributed by atoms with van der Waals surface area (Å²) in [7, 11) is -4.04. The molecule has 0 saturated heterocycles. The molecule has 0 aliphatic heterocycles. The van der Waals surface area contributed by atoms with Crippen LogP contribution in [0.15, 0.2) is 70.0 Å². The molecule has 0 aliphatic rings. The van der Waals surface area contributed by atoms with Gasteiger partial charge in [0, 0.05) is 15.7 Å². The second kappa shape index (κ2) is 8.52. The van der Waals surface area contributed by atoms with Crippen LogP contribution in [-0.2, 0) is 10.0 Å². The van der Waals surface area contributed by atoms with Gasteiger partial charge in [0.25, 0.3) is 15.9 Å². The van der Waals surface area contributed by atoms with Crippen molar-refractivity contribution in [3.8, 4) is 0 Å². The van der Waals surface area contributed by atoms with Crippen LogP contribution in [0.5, 0.6) is 0 Å². The highest BCUT2D eigenvalue weighted by Crippen LogP contribution is 2.26. The third-order valence-electron chi connectivity index (χ3n) is 3.97. The summed E-state index contributed by atoms with van der Waals surface area (Å²) >= 11 is 9.20. The number of rotatable bonds is 5. The Balaban J connectivity index is 1.88. The van der Waals surface area contributed by atoms with E-state index in [0.717, 1.165) is 11.6 Å². The Morgan fingerprint density at radius 1 is 1.03 bits per heavy atom. The first-order valence-corrected chi connectivity index (χ1v) is 11.0. The normalized spacial score (nSPS) is 11.2. The van der Waals surface area contributed by atoms with Gasteiger partial charge >= 0.3 is 0 Å². The molecule has 0 aliphatic carbocycles. The number of halogens is 3. The van der Waals surface area contributed by atoms with Gasteiger partial charge in [-0.3, -0.25) is 9.52 Å². The van der Waals surface area contributed by atoms with Crippen LogP contribution in [0.4, 0.5) is 15.8 Å². The molecule has 5 nitrogen and oxygen atoms in total. The fourth-order valence-electron chi connectivity index (χ4n) is 2.47. The number of hydrogen-bond donors (Lipinski definition) is 2. The lowest BCUT2D eigenvalue weighted by Crippen LogP contribution is -2.17. The van der Waals surface area contributed by atoms with Crippen molar-refractivity contribution in [1.82, 2.24) is 0 Å². The van der Waals surface area contributed by atoms with Crippen LogP contribution in [0.25, 0.3) is 0 Å². The first-order chi connectivity index (χ1) is 13.7. The molecular weight excluding hydrogens is 483 g/mol. The number of aryl methyl sites for hydroxylation is 1. The van der Waals surface area contributed by atoms with Gasteiger partial charge in [-0.2, -0.15) is 0 Å². The van der Waals surface area contributed by atoms with Gasteiger partial charge in [-0.15, -0.1) is 0 Å². The first-order valence-electron chi connectivity index (χ1n) is 8.31. The summed E-state index contributed by atoms with van der Waals surface area (Å²) < 4.78 is 42.4. The molecule has 29 heavy (non-hydrogen) atoms. The summed E-state index contributed by atoms with van der Waals surface area (Å²) in [4.78, 5) is 12.2. The minimum Gasteiger partial charge on any atom is -0.319 e. The van der Waals surface area contributed by atoms with E-state index in [2.05, 4.69) is 26.0 Å². The van der Waals surface area contributed by atoms with Crippen LogP contribution in [0.2, 0.25) is 5.02 Å². The van der Waals surface area contributed by atoms with Crippen molar-refractivity contribution in [2.24, 2.45) is 0 Å². The number of benzene rings is 3. The standard InChI is InChI=1S/C20H15BrClFN2O3S/c1-12-2-6-15(7-3-12)25-29(27,28)19-10-13(4-8-16(19)22)20(26)24-18-9-5-14(21)11-17(18)23/h2-11,25H,1H3,(H,24,26). The van der Waals surface area contributed by atoms with Crippen molar-refractivity contribution in [2.45, 2.75) is 11.8 Å². The highest BCUT2D eigenvalue weighted by molar-refractivity contribution is 9.10. The van der Waals surface area contributed by atoms with Crippen LogP contribution < -0.4 is 10.0 Å². The van der Waals surface area contributed by atoms with Crippen LogP contribution in [0.3, 0.4) is 0 Å². The smallest absolute Gasteiger partial charge is 0.263 e. The highest BCUT2D eigenvalue weighted by Gasteiger charge is 2.21. The Labute approximate surface area is 181 Å². The summed E-state index contributed by atoms with van der Waals surface area (Å²) in [6.07, 6.45) is 0. The maximum atomic E-state index is 14.0. The molecular formula is C20H15BrClFN2O3S. The van der Waals surface area contributed by atoms with E-state index in [9.17, 15) is 17.6 Å². The van der Waals surface area contributed by atoms with Crippen molar-refractivity contribution < 1.29 is 17.6 Å². The molecule has 3 rings (SSSR count). The first kappa shape index (κ1) is 21.3. The third-order valence-corrected chi connectivity index (χ3v) is 6.32.